The standard InChI is InChI=1S/C16H28N2O4S/c1-5-12-9-17(7-6-8-21-12)14(19)13-10-23-11-18(13)15(20)22-16(2,3)4/h12-13H,5-11H2,1-4H3/t12?,13-/m0/s1. The third-order valence-electron chi connectivity index (χ3n) is 3.91. The van der Waals surface area contributed by atoms with Crippen LogP contribution in [0.3, 0.4) is 0 Å². The Morgan fingerprint density at radius 2 is 2.09 bits per heavy atom. The molecule has 2 rings (SSSR count). The zero-order valence-electron chi connectivity index (χ0n) is 14.5. The van der Waals surface area contributed by atoms with E-state index < -0.39 is 17.7 Å². The molecule has 2 amide bonds. The molecule has 2 aliphatic rings. The van der Waals surface area contributed by atoms with Gasteiger partial charge in [0.25, 0.3) is 0 Å². The quantitative estimate of drug-likeness (QED) is 0.769. The van der Waals surface area contributed by atoms with Crippen molar-refractivity contribution in [2.45, 2.75) is 58.3 Å². The molecule has 0 N–H and O–H groups in total. The van der Waals surface area contributed by atoms with Gasteiger partial charge in [-0.15, -0.1) is 11.8 Å². The Morgan fingerprint density at radius 3 is 2.74 bits per heavy atom. The summed E-state index contributed by atoms with van der Waals surface area (Å²) in [5.74, 6) is 1.16. The van der Waals surface area contributed by atoms with Crippen LogP contribution in [0, 0.1) is 0 Å². The van der Waals surface area contributed by atoms with Crippen molar-refractivity contribution < 1.29 is 19.1 Å². The molecule has 0 radical (unpaired) electrons. The van der Waals surface area contributed by atoms with Crippen molar-refractivity contribution in [2.75, 3.05) is 31.3 Å². The first kappa shape index (κ1) is 18.4. The Morgan fingerprint density at radius 1 is 1.35 bits per heavy atom. The van der Waals surface area contributed by atoms with Crippen LogP contribution in [0.25, 0.3) is 0 Å². The Hall–Kier alpha value is -0.950. The molecule has 7 heteroatoms. The summed E-state index contributed by atoms with van der Waals surface area (Å²) in [4.78, 5) is 28.7. The van der Waals surface area contributed by atoms with Crippen LogP contribution >= 0.6 is 11.8 Å². The first-order valence-electron chi connectivity index (χ1n) is 8.29. The number of rotatable bonds is 2. The van der Waals surface area contributed by atoms with Crippen molar-refractivity contribution in [3.63, 3.8) is 0 Å². The van der Waals surface area contributed by atoms with Crippen molar-refractivity contribution in [1.29, 1.82) is 0 Å². The van der Waals surface area contributed by atoms with E-state index in [9.17, 15) is 9.59 Å². The van der Waals surface area contributed by atoms with Crippen LogP contribution in [0.1, 0.15) is 40.5 Å². The highest BCUT2D eigenvalue weighted by atomic mass is 32.2. The molecule has 2 fully saturated rings. The summed E-state index contributed by atoms with van der Waals surface area (Å²) in [6.45, 7) is 9.57. The SMILES string of the molecule is CCC1CN(C(=O)[C@@H]2CSCN2C(=O)OC(C)(C)C)CCCO1. The van der Waals surface area contributed by atoms with Crippen LogP contribution < -0.4 is 0 Å². The molecule has 132 valence electrons. The van der Waals surface area contributed by atoms with E-state index in [0.29, 0.717) is 31.3 Å². The number of nitrogens with zero attached hydrogens (tertiary/aromatic N) is 2. The van der Waals surface area contributed by atoms with Gasteiger partial charge in [-0.05, 0) is 33.6 Å². The fourth-order valence-electron chi connectivity index (χ4n) is 2.70. The van der Waals surface area contributed by atoms with E-state index >= 15 is 0 Å². The number of hydrogen-bond acceptors (Lipinski definition) is 5. The van der Waals surface area contributed by atoms with Crippen molar-refractivity contribution in [1.82, 2.24) is 9.80 Å². The normalized spacial score (nSPS) is 26.1. The van der Waals surface area contributed by atoms with Gasteiger partial charge in [-0.25, -0.2) is 4.79 Å². The Labute approximate surface area is 142 Å². The summed E-state index contributed by atoms with van der Waals surface area (Å²) in [7, 11) is 0. The molecular weight excluding hydrogens is 316 g/mol. The first-order chi connectivity index (χ1) is 10.8. The predicted molar refractivity (Wildman–Crippen MR) is 90.4 cm³/mol. The van der Waals surface area contributed by atoms with Gasteiger partial charge >= 0.3 is 6.09 Å². The van der Waals surface area contributed by atoms with E-state index in [4.69, 9.17) is 9.47 Å². The minimum Gasteiger partial charge on any atom is -0.444 e. The smallest absolute Gasteiger partial charge is 0.411 e. The molecular formula is C16H28N2O4S. The topological polar surface area (TPSA) is 59.1 Å². The largest absolute Gasteiger partial charge is 0.444 e. The van der Waals surface area contributed by atoms with Gasteiger partial charge in [0.05, 0.1) is 12.0 Å². The van der Waals surface area contributed by atoms with Crippen LogP contribution in [-0.2, 0) is 14.3 Å². The summed E-state index contributed by atoms with van der Waals surface area (Å²) < 4.78 is 11.2. The van der Waals surface area contributed by atoms with Crippen molar-refractivity contribution in [3.05, 3.63) is 0 Å². The molecule has 2 atom stereocenters. The fourth-order valence-corrected chi connectivity index (χ4v) is 3.83. The maximum Gasteiger partial charge on any atom is 0.411 e. The maximum atomic E-state index is 12.9. The Kier molecular flexibility index (Phi) is 6.19. The molecule has 23 heavy (non-hydrogen) atoms. The first-order valence-corrected chi connectivity index (χ1v) is 9.45. The molecule has 2 heterocycles. The zero-order chi connectivity index (χ0) is 17.0. The molecule has 0 saturated carbocycles. The monoisotopic (exact) mass is 344 g/mol. The molecule has 0 bridgehead atoms. The maximum absolute atomic E-state index is 12.9. The van der Waals surface area contributed by atoms with Gasteiger partial charge in [0.1, 0.15) is 11.6 Å². The van der Waals surface area contributed by atoms with E-state index in [2.05, 4.69) is 6.92 Å². The summed E-state index contributed by atoms with van der Waals surface area (Å²) in [6.07, 6.45) is 1.41. The van der Waals surface area contributed by atoms with Gasteiger partial charge < -0.3 is 14.4 Å². The highest BCUT2D eigenvalue weighted by Crippen LogP contribution is 2.25. The lowest BCUT2D eigenvalue weighted by Crippen LogP contribution is -2.51. The van der Waals surface area contributed by atoms with Gasteiger partial charge in [-0.1, -0.05) is 6.92 Å². The zero-order valence-corrected chi connectivity index (χ0v) is 15.4. The van der Waals surface area contributed by atoms with E-state index in [0.717, 1.165) is 12.8 Å². The highest BCUT2D eigenvalue weighted by Gasteiger charge is 2.39. The van der Waals surface area contributed by atoms with Crippen molar-refractivity contribution in [3.8, 4) is 0 Å². The number of amides is 2. The number of thioether (sulfide) groups is 1. The van der Waals surface area contributed by atoms with E-state index in [1.807, 2.05) is 25.7 Å². The van der Waals surface area contributed by atoms with Gasteiger partial charge in [-0.3, -0.25) is 9.69 Å². The summed E-state index contributed by atoms with van der Waals surface area (Å²) in [5, 5.41) is 0. The van der Waals surface area contributed by atoms with Gasteiger partial charge in [-0.2, -0.15) is 0 Å². The number of hydrogen-bond donors (Lipinski definition) is 0. The second-order valence-corrected chi connectivity index (χ2v) is 8.00. The van der Waals surface area contributed by atoms with Crippen molar-refractivity contribution >= 4 is 23.8 Å². The third-order valence-corrected chi connectivity index (χ3v) is 4.92. The second-order valence-electron chi connectivity index (χ2n) is 7.00. The van der Waals surface area contributed by atoms with E-state index in [1.165, 1.54) is 0 Å². The molecule has 0 spiro atoms. The summed E-state index contributed by atoms with van der Waals surface area (Å²) in [5.41, 5.74) is -0.554. The average Bonchev–Trinajstić information content (AvgIpc) is 2.83. The van der Waals surface area contributed by atoms with Crippen molar-refractivity contribution in [2.24, 2.45) is 0 Å². The van der Waals surface area contributed by atoms with E-state index in [-0.39, 0.29) is 12.0 Å². The number of carbonyl (C=O) groups excluding carboxylic acids is 2. The predicted octanol–water partition coefficient (Wildman–Crippen LogP) is 2.32. The summed E-state index contributed by atoms with van der Waals surface area (Å²) in [6, 6.07) is -0.426. The Bertz CT molecular complexity index is 438. The summed E-state index contributed by atoms with van der Waals surface area (Å²) >= 11 is 1.60. The van der Waals surface area contributed by atoms with E-state index in [1.54, 1.807) is 16.7 Å². The van der Waals surface area contributed by atoms with Gasteiger partial charge in [0.15, 0.2) is 0 Å². The molecule has 2 saturated heterocycles. The van der Waals surface area contributed by atoms with Crippen LogP contribution in [0.2, 0.25) is 0 Å². The lowest BCUT2D eigenvalue weighted by atomic mass is 10.2. The molecule has 2 aliphatic heterocycles. The molecule has 0 aliphatic carbocycles. The molecule has 1 unspecified atom stereocenters. The number of carbonyl (C=O) groups is 2. The van der Waals surface area contributed by atoms with Crippen LogP contribution in [0.4, 0.5) is 4.79 Å². The van der Waals surface area contributed by atoms with Gasteiger partial charge in [0.2, 0.25) is 5.91 Å². The molecule has 6 nitrogen and oxygen atoms in total. The molecule has 0 aromatic rings. The third kappa shape index (κ3) is 5.01. The fraction of sp³-hybridized carbons (Fsp3) is 0.875. The minimum atomic E-state index is -0.554. The average molecular weight is 344 g/mol. The Balaban J connectivity index is 2.03. The van der Waals surface area contributed by atoms with Crippen LogP contribution in [-0.4, -0.2) is 70.9 Å². The lowest BCUT2D eigenvalue weighted by Gasteiger charge is -2.31. The van der Waals surface area contributed by atoms with Crippen LogP contribution in [0.15, 0.2) is 0 Å². The minimum absolute atomic E-state index is 0.0183. The number of ether oxygens (including phenoxy) is 2. The lowest BCUT2D eigenvalue weighted by molar-refractivity contribution is -0.136. The highest BCUT2D eigenvalue weighted by molar-refractivity contribution is 7.99. The molecule has 0 aromatic heterocycles. The second kappa shape index (κ2) is 7.75. The van der Waals surface area contributed by atoms with Gasteiger partial charge in [0, 0.05) is 25.4 Å². The molecule has 0 aromatic carbocycles. The van der Waals surface area contributed by atoms with Crippen LogP contribution in [0.5, 0.6) is 0 Å².